The van der Waals surface area contributed by atoms with Crippen molar-refractivity contribution in [3.8, 4) is 5.82 Å². The zero-order chi connectivity index (χ0) is 17.8. The van der Waals surface area contributed by atoms with E-state index in [1.165, 1.54) is 0 Å². The summed E-state index contributed by atoms with van der Waals surface area (Å²) in [6.45, 7) is 3.28. The molecule has 2 saturated heterocycles. The highest BCUT2D eigenvalue weighted by Crippen LogP contribution is 2.18. The summed E-state index contributed by atoms with van der Waals surface area (Å²) in [6, 6.07) is 1.94. The topological polar surface area (TPSA) is 85.2 Å². The summed E-state index contributed by atoms with van der Waals surface area (Å²) in [7, 11) is 0. The van der Waals surface area contributed by atoms with Gasteiger partial charge in [0.25, 0.3) is 5.91 Å². The fourth-order valence-electron chi connectivity index (χ4n) is 3.11. The molecule has 2 aliphatic rings. The molecule has 9 heteroatoms. The van der Waals surface area contributed by atoms with Crippen LogP contribution in [-0.2, 0) is 4.74 Å². The smallest absolute Gasteiger partial charge is 0.271 e. The molecule has 1 atom stereocenters. The van der Waals surface area contributed by atoms with Crippen LogP contribution in [0.15, 0.2) is 24.9 Å². The van der Waals surface area contributed by atoms with Crippen molar-refractivity contribution in [2.75, 3.05) is 42.6 Å². The molecule has 2 aliphatic heterocycles. The van der Waals surface area contributed by atoms with E-state index in [9.17, 15) is 4.79 Å². The predicted octanol–water partition coefficient (Wildman–Crippen LogP) is 1.12. The molecule has 0 aromatic carbocycles. The Morgan fingerprint density at radius 3 is 2.92 bits per heavy atom. The maximum Gasteiger partial charge on any atom is 0.271 e. The Balaban J connectivity index is 1.42. The van der Waals surface area contributed by atoms with Crippen LogP contribution < -0.4 is 10.2 Å². The van der Waals surface area contributed by atoms with Crippen molar-refractivity contribution in [3.63, 3.8) is 0 Å². The molecule has 1 unspecified atom stereocenters. The van der Waals surface area contributed by atoms with Gasteiger partial charge in [0.2, 0.25) is 0 Å². The molecule has 0 bridgehead atoms. The second-order valence-corrected chi connectivity index (χ2v) is 7.57. The number of rotatable bonds is 5. The van der Waals surface area contributed by atoms with Crippen LogP contribution >= 0.6 is 11.8 Å². The van der Waals surface area contributed by atoms with Crippen LogP contribution in [0.3, 0.4) is 0 Å². The third-order valence-electron chi connectivity index (χ3n) is 4.57. The lowest BCUT2D eigenvalue weighted by molar-refractivity contribution is 0.0854. The van der Waals surface area contributed by atoms with Crippen molar-refractivity contribution in [3.05, 3.63) is 30.6 Å². The van der Waals surface area contributed by atoms with Gasteiger partial charge < -0.3 is 15.0 Å². The minimum Gasteiger partial charge on any atom is -0.376 e. The lowest BCUT2D eigenvalue weighted by Crippen LogP contribution is -2.33. The summed E-state index contributed by atoms with van der Waals surface area (Å²) in [5.74, 6) is 3.65. The van der Waals surface area contributed by atoms with Gasteiger partial charge in [0.15, 0.2) is 0 Å². The molecular formula is C17H22N6O2S. The van der Waals surface area contributed by atoms with Crippen molar-refractivity contribution in [1.29, 1.82) is 0 Å². The van der Waals surface area contributed by atoms with Crippen LogP contribution in [0, 0.1) is 0 Å². The largest absolute Gasteiger partial charge is 0.376 e. The second kappa shape index (κ2) is 8.05. The third kappa shape index (κ3) is 3.99. The first kappa shape index (κ1) is 17.3. The Labute approximate surface area is 156 Å². The zero-order valence-corrected chi connectivity index (χ0v) is 15.3. The van der Waals surface area contributed by atoms with Crippen LogP contribution in [-0.4, -0.2) is 69.3 Å². The Kier molecular flexibility index (Phi) is 5.35. The lowest BCUT2D eigenvalue weighted by atomic mass is 10.2. The molecule has 0 radical (unpaired) electrons. The summed E-state index contributed by atoms with van der Waals surface area (Å²) < 4.78 is 7.28. The number of thioether (sulfide) groups is 1. The van der Waals surface area contributed by atoms with E-state index >= 15 is 0 Å². The van der Waals surface area contributed by atoms with E-state index < -0.39 is 0 Å². The number of anilines is 1. The second-order valence-electron chi connectivity index (χ2n) is 6.35. The maximum atomic E-state index is 12.3. The lowest BCUT2D eigenvalue weighted by Gasteiger charge is -2.27. The number of hydrogen-bond donors (Lipinski definition) is 1. The number of imidazole rings is 1. The van der Waals surface area contributed by atoms with E-state index in [1.807, 2.05) is 17.8 Å². The van der Waals surface area contributed by atoms with E-state index in [4.69, 9.17) is 4.74 Å². The number of aromatic nitrogens is 4. The Morgan fingerprint density at radius 1 is 1.27 bits per heavy atom. The van der Waals surface area contributed by atoms with Gasteiger partial charge >= 0.3 is 0 Å². The summed E-state index contributed by atoms with van der Waals surface area (Å²) in [5, 5.41) is 2.89. The third-order valence-corrected chi connectivity index (χ3v) is 5.51. The molecule has 138 valence electrons. The number of hydrogen-bond acceptors (Lipinski definition) is 7. The molecule has 8 nitrogen and oxygen atoms in total. The summed E-state index contributed by atoms with van der Waals surface area (Å²) in [4.78, 5) is 27.4. The first-order valence-corrected chi connectivity index (χ1v) is 10.0. The van der Waals surface area contributed by atoms with Gasteiger partial charge in [-0.15, -0.1) is 0 Å². The van der Waals surface area contributed by atoms with E-state index in [0.29, 0.717) is 18.1 Å². The van der Waals surface area contributed by atoms with Crippen molar-refractivity contribution in [1.82, 2.24) is 24.8 Å². The zero-order valence-electron chi connectivity index (χ0n) is 14.5. The molecule has 1 amide bonds. The molecule has 1 N–H and O–H groups in total. The van der Waals surface area contributed by atoms with Gasteiger partial charge in [-0.1, -0.05) is 0 Å². The van der Waals surface area contributed by atoms with Crippen molar-refractivity contribution in [2.24, 2.45) is 0 Å². The van der Waals surface area contributed by atoms with Gasteiger partial charge in [-0.3, -0.25) is 9.36 Å². The highest BCUT2D eigenvalue weighted by atomic mass is 32.2. The fraction of sp³-hybridized carbons (Fsp3) is 0.529. The van der Waals surface area contributed by atoms with Gasteiger partial charge in [-0.2, -0.15) is 11.8 Å². The average Bonchev–Trinajstić information content (AvgIpc) is 3.39. The summed E-state index contributed by atoms with van der Waals surface area (Å²) >= 11 is 1.96. The number of carbonyl (C=O) groups is 1. The first-order valence-electron chi connectivity index (χ1n) is 8.88. The summed E-state index contributed by atoms with van der Waals surface area (Å²) in [6.07, 6.45) is 7.04. The monoisotopic (exact) mass is 374 g/mol. The van der Waals surface area contributed by atoms with Gasteiger partial charge in [-0.25, -0.2) is 15.0 Å². The normalized spacial score (nSPS) is 20.3. The number of ether oxygens (including phenoxy) is 1. The molecule has 2 aromatic rings. The van der Waals surface area contributed by atoms with Crippen LogP contribution in [0.25, 0.3) is 5.82 Å². The van der Waals surface area contributed by atoms with Gasteiger partial charge in [-0.05, 0) is 12.8 Å². The number of amides is 1. The van der Waals surface area contributed by atoms with E-state index in [2.05, 4.69) is 25.2 Å². The highest BCUT2D eigenvalue weighted by molar-refractivity contribution is 7.99. The molecule has 2 aromatic heterocycles. The Morgan fingerprint density at radius 2 is 2.12 bits per heavy atom. The fourth-order valence-corrected chi connectivity index (χ4v) is 4.01. The summed E-state index contributed by atoms with van der Waals surface area (Å²) in [5.41, 5.74) is 0.373. The van der Waals surface area contributed by atoms with Gasteiger partial charge in [0, 0.05) is 50.0 Å². The molecular weight excluding hydrogens is 352 g/mol. The standard InChI is InChI=1S/C17H22N6O2S/c24-17(18-9-13-2-1-5-25-13)14-10-23(12-21-14)16-8-15(19-11-20-16)22-3-6-26-7-4-22/h8,10-13H,1-7,9H2,(H,18,24). The Hall–Kier alpha value is -2.13. The minimum absolute atomic E-state index is 0.119. The van der Waals surface area contributed by atoms with Crippen molar-refractivity contribution < 1.29 is 9.53 Å². The number of nitrogens with zero attached hydrogens (tertiary/aromatic N) is 5. The van der Waals surface area contributed by atoms with E-state index in [1.54, 1.807) is 23.4 Å². The first-order chi connectivity index (χ1) is 12.8. The van der Waals surface area contributed by atoms with Crippen molar-refractivity contribution >= 4 is 23.5 Å². The molecule has 26 heavy (non-hydrogen) atoms. The van der Waals surface area contributed by atoms with Crippen LogP contribution in [0.2, 0.25) is 0 Å². The highest BCUT2D eigenvalue weighted by Gasteiger charge is 2.18. The van der Waals surface area contributed by atoms with E-state index in [-0.39, 0.29) is 12.0 Å². The number of nitrogens with one attached hydrogen (secondary N) is 1. The number of carbonyl (C=O) groups excluding carboxylic acids is 1. The van der Waals surface area contributed by atoms with Crippen LogP contribution in [0.1, 0.15) is 23.3 Å². The van der Waals surface area contributed by atoms with Gasteiger partial charge in [0.05, 0.1) is 6.10 Å². The molecule has 4 heterocycles. The average molecular weight is 374 g/mol. The quantitative estimate of drug-likeness (QED) is 0.839. The predicted molar refractivity (Wildman–Crippen MR) is 100.0 cm³/mol. The van der Waals surface area contributed by atoms with E-state index in [0.717, 1.165) is 49.9 Å². The Bertz CT molecular complexity index is 755. The minimum atomic E-state index is -0.193. The molecule has 0 saturated carbocycles. The maximum absolute atomic E-state index is 12.3. The SMILES string of the molecule is O=C(NCC1CCCO1)c1cn(-c2cc(N3CCSCC3)ncn2)cn1. The molecule has 0 spiro atoms. The van der Waals surface area contributed by atoms with Crippen molar-refractivity contribution in [2.45, 2.75) is 18.9 Å². The molecule has 0 aliphatic carbocycles. The van der Waals surface area contributed by atoms with Gasteiger partial charge in [0.1, 0.15) is 30.0 Å². The van der Waals surface area contributed by atoms with Crippen LogP contribution in [0.4, 0.5) is 5.82 Å². The van der Waals surface area contributed by atoms with Crippen LogP contribution in [0.5, 0.6) is 0 Å². The molecule has 4 rings (SSSR count). The molecule has 2 fully saturated rings.